The fourth-order valence-electron chi connectivity index (χ4n) is 3.08. The Hall–Kier alpha value is -2.47. The van der Waals surface area contributed by atoms with Gasteiger partial charge >= 0.3 is 0 Å². The minimum Gasteiger partial charge on any atom is -0.333 e. The fraction of sp³-hybridized carbons (Fsp3) is 0.389. The summed E-state index contributed by atoms with van der Waals surface area (Å²) in [5, 5.41) is 6.17. The average Bonchev–Trinajstić information content (AvgIpc) is 3.05. The predicted molar refractivity (Wildman–Crippen MR) is 94.1 cm³/mol. The number of nitrogens with one attached hydrogen (secondary N) is 2. The van der Waals surface area contributed by atoms with Crippen molar-refractivity contribution in [1.29, 1.82) is 0 Å². The Labute approximate surface area is 142 Å². The summed E-state index contributed by atoms with van der Waals surface area (Å²) in [6.45, 7) is 3.12. The van der Waals surface area contributed by atoms with Crippen LogP contribution in [0.4, 0.5) is 11.6 Å². The zero-order valence-electron chi connectivity index (χ0n) is 14.1. The molecule has 2 aromatic heterocycles. The summed E-state index contributed by atoms with van der Waals surface area (Å²) in [6, 6.07) is 11.8. The largest absolute Gasteiger partial charge is 0.333 e. The van der Waals surface area contributed by atoms with Crippen LogP contribution in [0.3, 0.4) is 0 Å². The van der Waals surface area contributed by atoms with Gasteiger partial charge in [0, 0.05) is 12.2 Å². The van der Waals surface area contributed by atoms with Crippen LogP contribution in [0.25, 0.3) is 0 Å². The smallest absolute Gasteiger partial charge is 0.237 e. The van der Waals surface area contributed by atoms with Crippen molar-refractivity contribution in [2.24, 2.45) is 0 Å². The number of carbonyl (C=O) groups is 1. The van der Waals surface area contributed by atoms with Gasteiger partial charge in [0.15, 0.2) is 0 Å². The molecule has 126 valence electrons. The van der Waals surface area contributed by atoms with Gasteiger partial charge in [0.05, 0.1) is 18.3 Å². The second-order valence-corrected chi connectivity index (χ2v) is 6.01. The molecule has 0 bridgehead atoms. The third-order valence-electron chi connectivity index (χ3n) is 4.16. The van der Waals surface area contributed by atoms with Gasteiger partial charge < -0.3 is 15.5 Å². The van der Waals surface area contributed by atoms with E-state index in [1.54, 1.807) is 7.05 Å². The normalized spacial score (nSPS) is 17.1. The molecule has 24 heavy (non-hydrogen) atoms. The molecule has 6 nitrogen and oxygen atoms in total. The molecule has 1 fully saturated rings. The van der Waals surface area contributed by atoms with E-state index >= 15 is 0 Å². The lowest BCUT2D eigenvalue weighted by molar-refractivity contribution is -0.131. The quantitative estimate of drug-likeness (QED) is 0.883. The van der Waals surface area contributed by atoms with E-state index in [1.807, 2.05) is 48.2 Å². The summed E-state index contributed by atoms with van der Waals surface area (Å²) >= 11 is 0. The van der Waals surface area contributed by atoms with Crippen molar-refractivity contribution in [3.05, 3.63) is 47.8 Å². The third-order valence-corrected chi connectivity index (χ3v) is 4.16. The Bertz CT molecular complexity index is 718. The maximum absolute atomic E-state index is 12.3. The molecule has 2 aromatic rings. The van der Waals surface area contributed by atoms with Gasteiger partial charge in [-0.3, -0.25) is 4.79 Å². The van der Waals surface area contributed by atoms with E-state index in [4.69, 9.17) is 4.98 Å². The minimum atomic E-state index is 0.0538. The summed E-state index contributed by atoms with van der Waals surface area (Å²) in [7, 11) is 1.79. The summed E-state index contributed by atoms with van der Waals surface area (Å²) in [5.74, 6) is 1.65. The highest BCUT2D eigenvalue weighted by Crippen LogP contribution is 2.31. The van der Waals surface area contributed by atoms with Crippen LogP contribution in [-0.4, -0.2) is 40.9 Å². The van der Waals surface area contributed by atoms with Crippen molar-refractivity contribution in [2.75, 3.05) is 25.5 Å². The standard InChI is InChI=1S/C18H23N5O/c1-13-6-3-9-16(20-13)22-17-10-4-7-14(21-17)15-8-5-11-23(15)18(24)12-19-2/h3-4,6-7,9-10,15,19H,5,8,11-12H2,1-2H3,(H,20,21,22)/t15-/m0/s1. The zero-order chi connectivity index (χ0) is 16.9. The number of likely N-dealkylation sites (N-methyl/N-ethyl adjacent to an activating group) is 1. The summed E-state index contributed by atoms with van der Waals surface area (Å²) in [5.41, 5.74) is 1.88. The van der Waals surface area contributed by atoms with Crippen LogP contribution in [0.15, 0.2) is 36.4 Å². The van der Waals surface area contributed by atoms with Crippen molar-refractivity contribution in [3.63, 3.8) is 0 Å². The zero-order valence-corrected chi connectivity index (χ0v) is 14.1. The van der Waals surface area contributed by atoms with Gasteiger partial charge in [-0.05, 0) is 51.1 Å². The number of hydrogen-bond donors (Lipinski definition) is 2. The molecule has 0 aliphatic carbocycles. The van der Waals surface area contributed by atoms with Crippen LogP contribution in [0.5, 0.6) is 0 Å². The maximum atomic E-state index is 12.3. The number of anilines is 2. The van der Waals surface area contributed by atoms with E-state index in [0.717, 1.165) is 42.4 Å². The number of aromatic nitrogens is 2. The minimum absolute atomic E-state index is 0.0538. The predicted octanol–water partition coefficient (Wildman–Crippen LogP) is 2.41. The summed E-state index contributed by atoms with van der Waals surface area (Å²) in [6.07, 6.45) is 1.97. The van der Waals surface area contributed by atoms with Crippen LogP contribution in [0, 0.1) is 6.92 Å². The van der Waals surface area contributed by atoms with E-state index in [9.17, 15) is 4.79 Å². The molecule has 0 aromatic carbocycles. The molecule has 0 unspecified atom stereocenters. The van der Waals surface area contributed by atoms with Gasteiger partial charge in [0.2, 0.25) is 5.91 Å². The summed E-state index contributed by atoms with van der Waals surface area (Å²) in [4.78, 5) is 23.3. The Morgan fingerprint density at radius 2 is 1.96 bits per heavy atom. The highest BCUT2D eigenvalue weighted by molar-refractivity contribution is 5.79. The molecule has 2 N–H and O–H groups in total. The lowest BCUT2D eigenvalue weighted by Crippen LogP contribution is -2.36. The van der Waals surface area contributed by atoms with Gasteiger partial charge in [-0.1, -0.05) is 12.1 Å². The van der Waals surface area contributed by atoms with Crippen LogP contribution in [0.2, 0.25) is 0 Å². The number of carbonyl (C=O) groups excluding carboxylic acids is 1. The molecule has 0 spiro atoms. The second-order valence-electron chi connectivity index (χ2n) is 6.01. The van der Waals surface area contributed by atoms with Crippen LogP contribution in [0.1, 0.15) is 30.3 Å². The van der Waals surface area contributed by atoms with Gasteiger partial charge in [-0.2, -0.15) is 0 Å². The number of nitrogens with zero attached hydrogens (tertiary/aromatic N) is 3. The lowest BCUT2D eigenvalue weighted by atomic mass is 10.1. The van der Waals surface area contributed by atoms with Crippen LogP contribution in [-0.2, 0) is 4.79 Å². The third kappa shape index (κ3) is 3.71. The first-order valence-electron chi connectivity index (χ1n) is 8.29. The van der Waals surface area contributed by atoms with E-state index in [2.05, 4.69) is 15.6 Å². The first-order chi connectivity index (χ1) is 11.7. The molecule has 1 aliphatic heterocycles. The first-order valence-corrected chi connectivity index (χ1v) is 8.29. The topological polar surface area (TPSA) is 70.2 Å². The van der Waals surface area contributed by atoms with E-state index in [0.29, 0.717) is 6.54 Å². The maximum Gasteiger partial charge on any atom is 0.237 e. The van der Waals surface area contributed by atoms with Crippen molar-refractivity contribution < 1.29 is 4.79 Å². The lowest BCUT2D eigenvalue weighted by Gasteiger charge is -2.24. The summed E-state index contributed by atoms with van der Waals surface area (Å²) < 4.78 is 0. The first kappa shape index (κ1) is 16.4. The molecular formula is C18H23N5O. The highest BCUT2D eigenvalue weighted by Gasteiger charge is 2.30. The monoisotopic (exact) mass is 325 g/mol. The van der Waals surface area contributed by atoms with Gasteiger partial charge in [0.1, 0.15) is 11.6 Å². The number of aryl methyl sites for hydroxylation is 1. The molecule has 1 aliphatic rings. The molecule has 1 atom stereocenters. The van der Waals surface area contributed by atoms with E-state index in [-0.39, 0.29) is 11.9 Å². The van der Waals surface area contributed by atoms with Crippen LogP contribution < -0.4 is 10.6 Å². The van der Waals surface area contributed by atoms with Crippen molar-refractivity contribution in [1.82, 2.24) is 20.2 Å². The molecule has 6 heteroatoms. The van der Waals surface area contributed by atoms with E-state index in [1.165, 1.54) is 0 Å². The van der Waals surface area contributed by atoms with Gasteiger partial charge in [0.25, 0.3) is 0 Å². The number of amides is 1. The van der Waals surface area contributed by atoms with Crippen molar-refractivity contribution >= 4 is 17.5 Å². The second kappa shape index (κ2) is 7.40. The van der Waals surface area contributed by atoms with Crippen LogP contribution >= 0.6 is 0 Å². The van der Waals surface area contributed by atoms with Gasteiger partial charge in [-0.15, -0.1) is 0 Å². The van der Waals surface area contributed by atoms with Crippen molar-refractivity contribution in [2.45, 2.75) is 25.8 Å². The SMILES string of the molecule is CNCC(=O)N1CCC[C@H]1c1cccc(Nc2cccc(C)n2)n1. The Morgan fingerprint density at radius 1 is 1.21 bits per heavy atom. The number of pyridine rings is 2. The molecule has 0 radical (unpaired) electrons. The van der Waals surface area contributed by atoms with E-state index < -0.39 is 0 Å². The Balaban J connectivity index is 1.78. The van der Waals surface area contributed by atoms with Gasteiger partial charge in [-0.25, -0.2) is 9.97 Å². The Morgan fingerprint density at radius 3 is 2.71 bits per heavy atom. The number of likely N-dealkylation sites (tertiary alicyclic amines) is 1. The fourth-order valence-corrected chi connectivity index (χ4v) is 3.08. The molecule has 0 saturated carbocycles. The molecule has 1 saturated heterocycles. The number of hydrogen-bond acceptors (Lipinski definition) is 5. The molecule has 1 amide bonds. The number of rotatable bonds is 5. The van der Waals surface area contributed by atoms with Crippen molar-refractivity contribution in [3.8, 4) is 0 Å². The molecular weight excluding hydrogens is 302 g/mol. The average molecular weight is 325 g/mol. The Kier molecular flexibility index (Phi) is 5.05. The highest BCUT2D eigenvalue weighted by atomic mass is 16.2. The molecule has 3 heterocycles. The molecule has 3 rings (SSSR count).